The van der Waals surface area contributed by atoms with Crippen LogP contribution in [0.3, 0.4) is 0 Å². The first-order valence-electron chi connectivity index (χ1n) is 6.89. The molecule has 0 aromatic carbocycles. The molecule has 27 heavy (non-hydrogen) atoms. The van der Waals surface area contributed by atoms with Crippen LogP contribution in [0.1, 0.15) is 6.92 Å². The molecule has 0 saturated carbocycles. The number of rotatable bonds is 1. The summed E-state index contributed by atoms with van der Waals surface area (Å²) in [5, 5.41) is 5.81. The van der Waals surface area contributed by atoms with E-state index in [0.717, 1.165) is 9.80 Å². The van der Waals surface area contributed by atoms with Gasteiger partial charge in [-0.3, -0.25) is 29.0 Å². The Labute approximate surface area is 177 Å². The Balaban J connectivity index is 0.000000252. The van der Waals surface area contributed by atoms with Gasteiger partial charge in [0.25, 0.3) is 23.6 Å². The zero-order chi connectivity index (χ0) is 18.9. The molecular formula is C14H11N4O8Y. The van der Waals surface area contributed by atoms with E-state index in [0.29, 0.717) is 0 Å². The van der Waals surface area contributed by atoms with Crippen LogP contribution < -0.4 is 0 Å². The molecule has 138 valence electrons. The summed E-state index contributed by atoms with van der Waals surface area (Å²) in [5.41, 5.74) is -4.09. The van der Waals surface area contributed by atoms with Gasteiger partial charge in [-0.1, -0.05) is 0 Å². The molecule has 0 radical (unpaired) electrons. The van der Waals surface area contributed by atoms with Gasteiger partial charge in [-0.15, -0.1) is 0 Å². The predicted octanol–water partition coefficient (Wildman–Crippen LogP) is -2.34. The third-order valence-electron chi connectivity index (χ3n) is 4.39. The van der Waals surface area contributed by atoms with Crippen molar-refractivity contribution < 1.29 is 71.1 Å². The molecule has 4 saturated heterocycles. The second-order valence-corrected chi connectivity index (χ2v) is 5.47. The Morgan fingerprint density at radius 3 is 1.22 bits per heavy atom. The maximum absolute atomic E-state index is 11.2. The maximum atomic E-state index is 11.2. The zero-order valence-electron chi connectivity index (χ0n) is 14.3. The largest absolute Gasteiger partial charge is 3.00 e. The van der Waals surface area contributed by atoms with Crippen LogP contribution in [0.4, 0.5) is 0 Å². The number of hydrogen-bond donors (Lipinski definition) is 0. The molecule has 0 aliphatic carbocycles. The van der Waals surface area contributed by atoms with Gasteiger partial charge >= 0.3 is 32.7 Å². The summed E-state index contributed by atoms with van der Waals surface area (Å²) < 4.78 is 0. The van der Waals surface area contributed by atoms with Gasteiger partial charge in [0, 0.05) is 13.6 Å². The fourth-order valence-corrected chi connectivity index (χ4v) is 2.79. The number of imide groups is 4. The van der Waals surface area contributed by atoms with Crippen molar-refractivity contribution in [2.45, 2.75) is 6.92 Å². The number of β-lactam (4-membered cyclic amide) rings is 8. The van der Waals surface area contributed by atoms with Crippen molar-refractivity contribution in [3.05, 3.63) is 18.1 Å². The molecule has 13 heteroatoms. The van der Waals surface area contributed by atoms with Crippen LogP contribution in [0.2, 0.25) is 0 Å². The van der Waals surface area contributed by atoms with E-state index in [1.165, 1.54) is 7.05 Å². The fourth-order valence-electron chi connectivity index (χ4n) is 2.79. The number of carbonyl (C=O) groups is 8. The minimum atomic E-state index is -2.05. The van der Waals surface area contributed by atoms with Crippen LogP contribution in [0, 0.1) is 18.3 Å². The monoisotopic (exact) mass is 452 g/mol. The average Bonchev–Trinajstić information content (AvgIpc) is 2.55. The van der Waals surface area contributed by atoms with E-state index in [-0.39, 0.29) is 46.7 Å². The first kappa shape index (κ1) is 22.7. The number of nitrogens with zero attached hydrogens (tertiary/aromatic N) is 4. The second-order valence-electron chi connectivity index (χ2n) is 5.47. The molecule has 8 amide bonds. The molecule has 4 fully saturated rings. The number of amides is 8. The van der Waals surface area contributed by atoms with Crippen LogP contribution >= 0.6 is 0 Å². The summed E-state index contributed by atoms with van der Waals surface area (Å²) in [6.45, 7) is 1.77. The van der Waals surface area contributed by atoms with Gasteiger partial charge in [0.15, 0.2) is 0 Å². The van der Waals surface area contributed by atoms with Gasteiger partial charge in [0.1, 0.15) is 0 Å². The van der Waals surface area contributed by atoms with E-state index in [4.69, 9.17) is 0 Å². The smallest absolute Gasteiger partial charge is 0.592 e. The molecular weight excluding hydrogens is 441 g/mol. The molecule has 2 spiro atoms. The van der Waals surface area contributed by atoms with Crippen LogP contribution in [0.25, 0.3) is 10.6 Å². The summed E-state index contributed by atoms with van der Waals surface area (Å²) in [7, 11) is 1.22. The molecule has 0 unspecified atom stereocenters. The number of likely N-dealkylation sites (tertiary alicyclic amines) is 2. The third kappa shape index (κ3) is 2.16. The Morgan fingerprint density at radius 2 is 1.00 bits per heavy atom. The first-order chi connectivity index (χ1) is 11.6. The van der Waals surface area contributed by atoms with Crippen LogP contribution in [0.15, 0.2) is 0 Å². The summed E-state index contributed by atoms with van der Waals surface area (Å²) in [5.74, 6) is -6.69. The average molecular weight is 452 g/mol. The standard InChI is InChI=1S/C7H6N2O4.C6H4N2O4.CH3.Y/c1-2-9-5(12)7(6(9)13)3(10)8-4(7)11;1-8-4(11)6(5(8)12)2(9)7-3(6)10;;/h2H2,1H3,(H,8,10,11);1H3,(H,7,9,10);1H3;/q;;-1;+3/p-2. The molecule has 0 atom stereocenters. The summed E-state index contributed by atoms with van der Waals surface area (Å²) in [6, 6.07) is 0. The SMILES string of the molecule is CCN1C(=O)C2(C(=O)[N-]C2=O)C1=O.CN1C(=O)C2(C(=O)[N-]C2=O)C1=O.[CH3-].[Y+3]. The normalized spacial score (nSPS) is 22.9. The Hall–Kier alpha value is -2.34. The van der Waals surface area contributed by atoms with E-state index in [2.05, 4.69) is 10.6 Å². The van der Waals surface area contributed by atoms with E-state index in [1.54, 1.807) is 6.92 Å². The van der Waals surface area contributed by atoms with Crippen molar-refractivity contribution in [1.82, 2.24) is 9.80 Å². The van der Waals surface area contributed by atoms with Gasteiger partial charge in [0.2, 0.25) is 10.8 Å². The molecule has 4 aliphatic heterocycles. The fraction of sp³-hybridized carbons (Fsp3) is 0.357. The molecule has 4 aliphatic rings. The van der Waals surface area contributed by atoms with Gasteiger partial charge in [-0.05, 0) is 6.92 Å². The van der Waals surface area contributed by atoms with Crippen LogP contribution in [-0.2, 0) is 71.1 Å². The van der Waals surface area contributed by atoms with Crippen molar-refractivity contribution in [1.29, 1.82) is 0 Å². The molecule has 0 aromatic rings. The topological polar surface area (TPSA) is 171 Å². The predicted molar refractivity (Wildman–Crippen MR) is 78.2 cm³/mol. The molecule has 0 N–H and O–H groups in total. The van der Waals surface area contributed by atoms with Crippen molar-refractivity contribution in [2.24, 2.45) is 10.8 Å². The summed E-state index contributed by atoms with van der Waals surface area (Å²) >= 11 is 0. The van der Waals surface area contributed by atoms with Crippen LogP contribution in [0.5, 0.6) is 0 Å². The van der Waals surface area contributed by atoms with E-state index < -0.39 is 58.1 Å². The molecule has 0 aromatic heterocycles. The molecule has 4 heterocycles. The van der Waals surface area contributed by atoms with Crippen molar-refractivity contribution in [2.75, 3.05) is 13.6 Å². The van der Waals surface area contributed by atoms with Crippen LogP contribution in [-0.4, -0.2) is 70.6 Å². The van der Waals surface area contributed by atoms with Crippen molar-refractivity contribution >= 4 is 47.3 Å². The minimum absolute atomic E-state index is 0. The summed E-state index contributed by atoms with van der Waals surface area (Å²) in [6.07, 6.45) is 0. The van der Waals surface area contributed by atoms with Gasteiger partial charge in [-0.25, -0.2) is 0 Å². The maximum Gasteiger partial charge on any atom is 3.00 e. The van der Waals surface area contributed by atoms with E-state index in [9.17, 15) is 38.4 Å². The van der Waals surface area contributed by atoms with Crippen molar-refractivity contribution in [3.8, 4) is 0 Å². The number of carbonyl (C=O) groups excluding carboxylic acids is 8. The minimum Gasteiger partial charge on any atom is -0.592 e. The Kier molecular flexibility index (Phi) is 5.62. The summed E-state index contributed by atoms with van der Waals surface area (Å²) in [4.78, 5) is 89.3. The third-order valence-corrected chi connectivity index (χ3v) is 4.39. The quantitative estimate of drug-likeness (QED) is 0.242. The molecule has 0 bridgehead atoms. The molecule has 12 nitrogen and oxygen atoms in total. The van der Waals surface area contributed by atoms with Gasteiger partial charge in [0.05, 0.1) is 23.6 Å². The van der Waals surface area contributed by atoms with E-state index in [1.807, 2.05) is 0 Å². The Bertz CT molecular complexity index is 786. The number of hydrogen-bond acceptors (Lipinski definition) is 8. The first-order valence-corrected chi connectivity index (χ1v) is 6.89. The van der Waals surface area contributed by atoms with E-state index >= 15 is 0 Å². The van der Waals surface area contributed by atoms with Crippen molar-refractivity contribution in [3.63, 3.8) is 0 Å². The zero-order valence-corrected chi connectivity index (χ0v) is 17.2. The second kappa shape index (κ2) is 6.68. The van der Waals surface area contributed by atoms with Gasteiger partial charge < -0.3 is 37.2 Å². The molecule has 4 rings (SSSR count). The van der Waals surface area contributed by atoms with Gasteiger partial charge in [-0.2, -0.15) is 0 Å². The Morgan fingerprint density at radius 1 is 0.704 bits per heavy atom.